The molecule has 0 unspecified atom stereocenters. The van der Waals surface area contributed by atoms with Crippen molar-refractivity contribution in [1.29, 1.82) is 0 Å². The number of hydrogen-bond acceptors (Lipinski definition) is 0. The Labute approximate surface area is 67.4 Å². The summed E-state index contributed by atoms with van der Waals surface area (Å²) in [4.78, 5) is 0. The van der Waals surface area contributed by atoms with Crippen molar-refractivity contribution in [1.82, 2.24) is 0 Å². The van der Waals surface area contributed by atoms with Crippen LogP contribution in [0.1, 0.15) is 0 Å². The van der Waals surface area contributed by atoms with Gasteiger partial charge in [-0.25, -0.2) is 0 Å². The summed E-state index contributed by atoms with van der Waals surface area (Å²) in [5.74, 6) is 0. The van der Waals surface area contributed by atoms with Gasteiger partial charge >= 0.3 is 17.1 Å². The first-order valence-electron chi connectivity index (χ1n) is 0. The van der Waals surface area contributed by atoms with Crippen LogP contribution in [0.25, 0.3) is 0 Å². The summed E-state index contributed by atoms with van der Waals surface area (Å²) in [7, 11) is 0. The third-order valence-corrected chi connectivity index (χ3v) is 0. The van der Waals surface area contributed by atoms with E-state index in [9.17, 15) is 0 Å². The zero-order valence-electron chi connectivity index (χ0n) is 3.73. The average Bonchev–Trinajstić information content (AvgIpc) is 0. The Hall–Kier alpha value is 0.759. The van der Waals surface area contributed by atoms with Gasteiger partial charge in [-0.2, -0.15) is 0 Å². The van der Waals surface area contributed by atoms with Crippen molar-refractivity contribution in [3.8, 4) is 0 Å². The normalized spacial score (nSPS) is 0. The Kier molecular flexibility index (Phi) is 70300. The van der Waals surface area contributed by atoms with Gasteiger partial charge in [0, 0.05) is 0 Å². The third-order valence-electron chi connectivity index (χ3n) is 0. The molecule has 6 nitrogen and oxygen atoms in total. The van der Waals surface area contributed by atoms with Crippen LogP contribution in [-0.4, -0.2) is 32.9 Å². The smallest absolute Gasteiger partial charge is 1.00 e. The van der Waals surface area contributed by atoms with Crippen molar-refractivity contribution >= 4 is 0 Å². The number of rotatable bonds is 0. The van der Waals surface area contributed by atoms with Gasteiger partial charge in [-0.1, -0.05) is 0 Å². The van der Waals surface area contributed by atoms with Gasteiger partial charge in [0.15, 0.2) is 0 Å². The van der Waals surface area contributed by atoms with Crippen molar-refractivity contribution < 1.29 is 66.9 Å². The molecule has 8 heavy (non-hydrogen) atoms. The molecule has 0 saturated carbocycles. The Morgan fingerprint density at radius 3 is 0.375 bits per heavy atom. The molecule has 12 N–H and O–H groups in total. The minimum atomic E-state index is 0. The predicted molar refractivity (Wildman–Crippen MR) is 21.7 cm³/mol. The maximum absolute atomic E-state index is 0. The van der Waals surface area contributed by atoms with E-state index in [2.05, 4.69) is 0 Å². The van der Waals surface area contributed by atoms with Gasteiger partial charge in [0.2, 0.25) is 0 Å². The Morgan fingerprint density at radius 2 is 0.375 bits per heavy atom. The summed E-state index contributed by atoms with van der Waals surface area (Å²) in [6, 6.07) is 0. The molecule has 0 aliphatic rings. The molecule has 0 heterocycles. The fraction of sp³-hybridized carbons (Fsp3) is 0. The van der Waals surface area contributed by atoms with Crippen LogP contribution in [-0.2, 0) is 17.1 Å². The van der Waals surface area contributed by atoms with E-state index in [1.165, 1.54) is 0 Å². The minimum Gasteiger partial charge on any atom is -1.00 e. The van der Waals surface area contributed by atoms with Crippen LogP contribution in [0.3, 0.4) is 0 Å². The van der Waals surface area contributed by atoms with Crippen molar-refractivity contribution in [2.75, 3.05) is 0 Å². The molecule has 62 valence electrons. The maximum atomic E-state index is 0. The van der Waals surface area contributed by atoms with Crippen LogP contribution >= 0.6 is 0 Å². The van der Waals surface area contributed by atoms with Gasteiger partial charge in [-0.05, 0) is 0 Å². The molecule has 0 aliphatic heterocycles. The van der Waals surface area contributed by atoms with Crippen LogP contribution < -0.4 is 17.0 Å². The van der Waals surface area contributed by atoms with Crippen molar-refractivity contribution in [3.63, 3.8) is 0 Å². The van der Waals surface area contributed by atoms with E-state index in [1.807, 2.05) is 0 Å². The molecule has 0 radical (unpaired) electrons. The molecule has 0 rings (SSSR count). The van der Waals surface area contributed by atoms with Gasteiger partial charge in [-0.15, -0.1) is 0 Å². The van der Waals surface area contributed by atoms with E-state index in [0.717, 1.165) is 0 Å². The summed E-state index contributed by atoms with van der Waals surface area (Å²) in [5.41, 5.74) is 0. The van der Waals surface area contributed by atoms with Crippen LogP contribution in [0.4, 0.5) is 0 Å². The Bertz CT molecular complexity index is 8.49. The van der Waals surface area contributed by atoms with Gasteiger partial charge in [0.25, 0.3) is 0 Å². The summed E-state index contributed by atoms with van der Waals surface area (Å²) in [6.45, 7) is 0. The van der Waals surface area contributed by atoms with Crippen LogP contribution in [0.15, 0.2) is 0 Å². The van der Waals surface area contributed by atoms with E-state index in [-0.39, 0.29) is 66.9 Å². The maximum Gasteiger partial charge on any atom is 2.00 e. The molecule has 0 saturated heterocycles. The molecular formula is H12BrFeO6+. The first-order valence-corrected chi connectivity index (χ1v) is 0. The minimum absolute atomic E-state index is 0. The van der Waals surface area contributed by atoms with Crippen LogP contribution in [0.5, 0.6) is 0 Å². The predicted octanol–water partition coefficient (Wildman–Crippen LogP) is -7.95. The second-order valence-corrected chi connectivity index (χ2v) is 0. The molecule has 0 amide bonds. The Balaban J connectivity index is 0. The second kappa shape index (κ2) is 615. The largest absolute Gasteiger partial charge is 2.00 e. The standard InChI is InChI=1S/BrH.Fe.6H2O/h1H;;6*1H2/q;+2;;;;;;/p-1. The van der Waals surface area contributed by atoms with E-state index >= 15 is 0 Å². The number of halogens is 1. The monoisotopic (exact) mass is 243 g/mol. The topological polar surface area (TPSA) is 189 Å². The third kappa shape index (κ3) is 389. The summed E-state index contributed by atoms with van der Waals surface area (Å²) in [6.07, 6.45) is 0. The molecule has 0 aliphatic carbocycles. The van der Waals surface area contributed by atoms with Crippen molar-refractivity contribution in [3.05, 3.63) is 0 Å². The SMILES string of the molecule is O.O.O.O.O.O.[Br-].[Fe+2]. The molecule has 0 fully saturated rings. The molecule has 0 aromatic carbocycles. The first-order chi connectivity index (χ1) is 0. The molecule has 0 aromatic rings. The van der Waals surface area contributed by atoms with E-state index in [0.29, 0.717) is 0 Å². The van der Waals surface area contributed by atoms with Gasteiger partial charge in [0.05, 0.1) is 0 Å². The van der Waals surface area contributed by atoms with E-state index in [4.69, 9.17) is 0 Å². The van der Waals surface area contributed by atoms with Crippen molar-refractivity contribution in [2.24, 2.45) is 0 Å². The average molecular weight is 244 g/mol. The van der Waals surface area contributed by atoms with Crippen molar-refractivity contribution in [2.45, 2.75) is 0 Å². The van der Waals surface area contributed by atoms with Crippen LogP contribution in [0, 0.1) is 0 Å². The number of hydrogen-bond donors (Lipinski definition) is 0. The zero-order chi connectivity index (χ0) is 0. The van der Waals surface area contributed by atoms with Gasteiger partial charge in [0.1, 0.15) is 0 Å². The first kappa shape index (κ1) is 914. The molecule has 8 heteroatoms. The molecule has 0 atom stereocenters. The zero-order valence-corrected chi connectivity index (χ0v) is 6.42. The summed E-state index contributed by atoms with van der Waals surface area (Å²) in [5, 5.41) is 0. The second-order valence-electron chi connectivity index (χ2n) is 0. The quantitative estimate of drug-likeness (QED) is 0.366. The van der Waals surface area contributed by atoms with Gasteiger partial charge in [-0.3, -0.25) is 0 Å². The van der Waals surface area contributed by atoms with E-state index < -0.39 is 0 Å². The summed E-state index contributed by atoms with van der Waals surface area (Å²) < 4.78 is 0. The Morgan fingerprint density at radius 1 is 0.375 bits per heavy atom. The fourth-order valence-corrected chi connectivity index (χ4v) is 0. The molecule has 0 bridgehead atoms. The fourth-order valence-electron chi connectivity index (χ4n) is 0. The molecule has 0 aromatic heterocycles. The summed E-state index contributed by atoms with van der Waals surface area (Å²) >= 11 is 0. The van der Waals surface area contributed by atoms with Crippen LogP contribution in [0.2, 0.25) is 0 Å². The molecule has 0 spiro atoms. The molecular weight excluding hydrogens is 232 g/mol. The van der Waals surface area contributed by atoms with E-state index in [1.54, 1.807) is 0 Å². The van der Waals surface area contributed by atoms with Gasteiger partial charge < -0.3 is 49.8 Å².